The molecule has 1 atom stereocenters. The van der Waals surface area contributed by atoms with Crippen molar-refractivity contribution >= 4 is 17.6 Å². The van der Waals surface area contributed by atoms with E-state index in [0.717, 1.165) is 23.4 Å². The number of aryl methyl sites for hydroxylation is 1. The van der Waals surface area contributed by atoms with Gasteiger partial charge in [-0.3, -0.25) is 0 Å². The first-order valence-electron chi connectivity index (χ1n) is 6.84. The fraction of sp³-hybridized carbons (Fsp3) is 0.312. The maximum atomic E-state index is 6.03. The van der Waals surface area contributed by atoms with Crippen molar-refractivity contribution in [2.75, 3.05) is 18.0 Å². The predicted octanol–water partition coefficient (Wildman–Crippen LogP) is 3.42. The molecule has 3 nitrogen and oxygen atoms in total. The summed E-state index contributed by atoms with van der Waals surface area (Å²) in [6, 6.07) is 12.8. The summed E-state index contributed by atoms with van der Waals surface area (Å²) >= 11 is 1.83. The number of nitrogens with one attached hydrogen (secondary N) is 1. The van der Waals surface area contributed by atoms with Crippen LogP contribution in [-0.4, -0.2) is 17.3 Å². The average Bonchev–Trinajstić information content (AvgIpc) is 2.47. The third kappa shape index (κ3) is 3.99. The molecule has 20 heavy (non-hydrogen) atoms. The van der Waals surface area contributed by atoms with Gasteiger partial charge >= 0.3 is 0 Å². The fourth-order valence-electron chi connectivity index (χ4n) is 2.08. The maximum absolute atomic E-state index is 6.03. The Labute approximate surface area is 125 Å². The lowest BCUT2D eigenvalue weighted by atomic mass is 10.1. The molecule has 0 saturated carbocycles. The minimum atomic E-state index is 0.220. The van der Waals surface area contributed by atoms with E-state index in [2.05, 4.69) is 47.6 Å². The van der Waals surface area contributed by atoms with Gasteiger partial charge in [0.2, 0.25) is 0 Å². The Morgan fingerprint density at radius 2 is 2.05 bits per heavy atom. The lowest BCUT2D eigenvalue weighted by molar-refractivity contribution is 0.605. The molecule has 0 saturated heterocycles. The number of anilines is 1. The minimum Gasteiger partial charge on any atom is -0.383 e. The number of nitrogen functional groups attached to an aromatic ring is 1. The second kappa shape index (κ2) is 7.31. The summed E-state index contributed by atoms with van der Waals surface area (Å²) in [5.74, 6) is 1.56. The van der Waals surface area contributed by atoms with Gasteiger partial charge in [0.1, 0.15) is 5.82 Å². The second-order valence-corrected chi connectivity index (χ2v) is 5.81. The van der Waals surface area contributed by atoms with Crippen LogP contribution in [0, 0.1) is 6.92 Å². The summed E-state index contributed by atoms with van der Waals surface area (Å²) in [6.45, 7) is 5.07. The molecule has 0 bridgehead atoms. The van der Waals surface area contributed by atoms with Crippen LogP contribution in [0.5, 0.6) is 0 Å². The molecular weight excluding hydrogens is 266 g/mol. The Morgan fingerprint density at radius 1 is 1.30 bits per heavy atom. The number of hydrogen-bond donors (Lipinski definition) is 2. The van der Waals surface area contributed by atoms with Crippen LogP contribution >= 0.6 is 11.8 Å². The van der Waals surface area contributed by atoms with Crippen molar-refractivity contribution in [2.45, 2.75) is 24.8 Å². The number of hydrogen-bond acceptors (Lipinski definition) is 4. The molecular formula is C16H21N3S. The summed E-state index contributed by atoms with van der Waals surface area (Å²) in [7, 11) is 0. The van der Waals surface area contributed by atoms with Gasteiger partial charge in [-0.15, -0.1) is 11.8 Å². The highest BCUT2D eigenvalue weighted by molar-refractivity contribution is 7.99. The molecule has 1 aromatic carbocycles. The zero-order valence-electron chi connectivity index (χ0n) is 12.0. The van der Waals surface area contributed by atoms with Gasteiger partial charge in [-0.1, -0.05) is 25.1 Å². The van der Waals surface area contributed by atoms with E-state index < -0.39 is 0 Å². The monoisotopic (exact) mass is 287 g/mol. The number of nitrogens with two attached hydrogens (primary N) is 1. The molecule has 0 aliphatic carbocycles. The van der Waals surface area contributed by atoms with Crippen molar-refractivity contribution in [3.63, 3.8) is 0 Å². The Bertz CT molecular complexity index is 543. The van der Waals surface area contributed by atoms with Gasteiger partial charge < -0.3 is 11.1 Å². The van der Waals surface area contributed by atoms with Crippen LogP contribution in [0.25, 0.3) is 0 Å². The fourth-order valence-corrected chi connectivity index (χ4v) is 3.09. The maximum Gasteiger partial charge on any atom is 0.128 e. The Morgan fingerprint density at radius 3 is 2.75 bits per heavy atom. The zero-order valence-corrected chi connectivity index (χ0v) is 12.8. The lowest BCUT2D eigenvalue weighted by Gasteiger charge is -2.19. The topological polar surface area (TPSA) is 50.9 Å². The predicted molar refractivity (Wildman–Crippen MR) is 87.0 cm³/mol. The molecule has 1 heterocycles. The quantitative estimate of drug-likeness (QED) is 0.799. The van der Waals surface area contributed by atoms with Gasteiger partial charge in [0, 0.05) is 28.5 Å². The molecule has 0 amide bonds. The van der Waals surface area contributed by atoms with Crippen molar-refractivity contribution in [3.05, 3.63) is 53.7 Å². The molecule has 0 spiro atoms. The van der Waals surface area contributed by atoms with E-state index in [4.69, 9.17) is 5.73 Å². The van der Waals surface area contributed by atoms with Gasteiger partial charge in [0.25, 0.3) is 0 Å². The number of thioether (sulfide) groups is 1. The standard InChI is InChI=1S/C16H21N3S/c1-3-18-15(11-20-13-7-5-4-6-8-13)14-9-12(2)10-19-16(14)17/h4-10,15,18H,3,11H2,1-2H3,(H2,17,19). The summed E-state index contributed by atoms with van der Waals surface area (Å²) < 4.78 is 0. The summed E-state index contributed by atoms with van der Waals surface area (Å²) in [6.07, 6.45) is 1.81. The smallest absolute Gasteiger partial charge is 0.128 e. The third-order valence-corrected chi connectivity index (χ3v) is 4.18. The Kier molecular flexibility index (Phi) is 5.44. The van der Waals surface area contributed by atoms with Crippen LogP contribution in [0.3, 0.4) is 0 Å². The van der Waals surface area contributed by atoms with Crippen molar-refractivity contribution in [2.24, 2.45) is 0 Å². The number of nitrogens with zero attached hydrogens (tertiary/aromatic N) is 1. The van der Waals surface area contributed by atoms with Gasteiger partial charge in [-0.2, -0.15) is 0 Å². The van der Waals surface area contributed by atoms with Gasteiger partial charge in [-0.05, 0) is 37.2 Å². The van der Waals surface area contributed by atoms with E-state index in [-0.39, 0.29) is 6.04 Å². The third-order valence-electron chi connectivity index (χ3n) is 3.07. The first-order chi connectivity index (χ1) is 9.70. The van der Waals surface area contributed by atoms with Crippen LogP contribution in [0.4, 0.5) is 5.82 Å². The SMILES string of the molecule is CCNC(CSc1ccccc1)c1cc(C)cnc1N. The first-order valence-corrected chi connectivity index (χ1v) is 7.82. The largest absolute Gasteiger partial charge is 0.383 e. The number of aromatic nitrogens is 1. The van der Waals surface area contributed by atoms with Crippen molar-refractivity contribution in [1.29, 1.82) is 0 Å². The van der Waals surface area contributed by atoms with Gasteiger partial charge in [-0.25, -0.2) is 4.98 Å². The van der Waals surface area contributed by atoms with Crippen LogP contribution in [0.15, 0.2) is 47.5 Å². The molecule has 1 unspecified atom stereocenters. The molecule has 4 heteroatoms. The average molecular weight is 287 g/mol. The van der Waals surface area contributed by atoms with E-state index in [0.29, 0.717) is 5.82 Å². The Balaban J connectivity index is 2.12. The molecule has 1 aromatic heterocycles. The van der Waals surface area contributed by atoms with Crippen LogP contribution in [-0.2, 0) is 0 Å². The van der Waals surface area contributed by atoms with E-state index in [9.17, 15) is 0 Å². The zero-order chi connectivity index (χ0) is 14.4. The molecule has 0 aliphatic rings. The van der Waals surface area contributed by atoms with Crippen molar-refractivity contribution < 1.29 is 0 Å². The van der Waals surface area contributed by atoms with Crippen LogP contribution < -0.4 is 11.1 Å². The first kappa shape index (κ1) is 14.9. The van der Waals surface area contributed by atoms with Gasteiger partial charge in [0.15, 0.2) is 0 Å². The molecule has 0 aliphatic heterocycles. The highest BCUT2D eigenvalue weighted by Crippen LogP contribution is 2.27. The van der Waals surface area contributed by atoms with Crippen molar-refractivity contribution in [1.82, 2.24) is 10.3 Å². The summed E-state index contributed by atoms with van der Waals surface area (Å²) in [5, 5.41) is 3.50. The van der Waals surface area contributed by atoms with Gasteiger partial charge in [0.05, 0.1) is 0 Å². The number of benzene rings is 1. The lowest BCUT2D eigenvalue weighted by Crippen LogP contribution is -2.24. The molecule has 106 valence electrons. The molecule has 0 fully saturated rings. The van der Waals surface area contributed by atoms with Crippen LogP contribution in [0.2, 0.25) is 0 Å². The minimum absolute atomic E-state index is 0.220. The van der Waals surface area contributed by atoms with E-state index in [1.165, 1.54) is 4.90 Å². The van der Waals surface area contributed by atoms with Crippen LogP contribution in [0.1, 0.15) is 24.1 Å². The van der Waals surface area contributed by atoms with Crippen molar-refractivity contribution in [3.8, 4) is 0 Å². The number of rotatable bonds is 6. The normalized spacial score (nSPS) is 12.3. The van der Waals surface area contributed by atoms with E-state index in [1.54, 1.807) is 0 Å². The highest BCUT2D eigenvalue weighted by Gasteiger charge is 2.14. The summed E-state index contributed by atoms with van der Waals surface area (Å²) in [4.78, 5) is 5.54. The van der Waals surface area contributed by atoms with E-state index in [1.807, 2.05) is 30.9 Å². The number of pyridine rings is 1. The molecule has 0 radical (unpaired) electrons. The molecule has 2 rings (SSSR count). The highest BCUT2D eigenvalue weighted by atomic mass is 32.2. The second-order valence-electron chi connectivity index (χ2n) is 4.72. The Hall–Kier alpha value is -1.52. The molecule has 2 aromatic rings. The van der Waals surface area contributed by atoms with E-state index >= 15 is 0 Å². The molecule has 3 N–H and O–H groups in total. The summed E-state index contributed by atoms with van der Waals surface area (Å²) in [5.41, 5.74) is 8.26.